The summed E-state index contributed by atoms with van der Waals surface area (Å²) < 4.78 is 23.0. The van der Waals surface area contributed by atoms with Crippen molar-refractivity contribution in [1.29, 1.82) is 0 Å². The Bertz CT molecular complexity index is 988. The van der Waals surface area contributed by atoms with Crippen molar-refractivity contribution in [3.05, 3.63) is 47.4 Å². The highest BCUT2D eigenvalue weighted by Crippen LogP contribution is 2.47. The summed E-state index contributed by atoms with van der Waals surface area (Å²) in [6.07, 6.45) is 3.16. The van der Waals surface area contributed by atoms with Gasteiger partial charge in [-0.25, -0.2) is 4.98 Å². The van der Waals surface area contributed by atoms with Crippen LogP contribution in [-0.4, -0.2) is 34.4 Å². The molecule has 0 atom stereocenters. The summed E-state index contributed by atoms with van der Waals surface area (Å²) in [5.41, 5.74) is 2.01. The zero-order valence-electron chi connectivity index (χ0n) is 14.9. The number of halogens is 1. The van der Waals surface area contributed by atoms with Gasteiger partial charge in [0.1, 0.15) is 5.02 Å². The number of nitrogens with one attached hydrogen (secondary N) is 3. The monoisotopic (exact) mass is 408 g/mol. The van der Waals surface area contributed by atoms with Crippen molar-refractivity contribution in [3.63, 3.8) is 0 Å². The molecule has 0 saturated carbocycles. The molecule has 0 fully saturated rings. The van der Waals surface area contributed by atoms with Crippen LogP contribution in [0.3, 0.4) is 0 Å². The van der Waals surface area contributed by atoms with Crippen molar-refractivity contribution < 1.29 is 13.6 Å². The van der Waals surface area contributed by atoms with Gasteiger partial charge in [0.25, 0.3) is 0 Å². The lowest BCUT2D eigenvalue weighted by molar-refractivity contribution is 0.287. The maximum Gasteiger partial charge on any atom is 0.362 e. The Morgan fingerprint density at radius 1 is 1.15 bits per heavy atom. The van der Waals surface area contributed by atoms with Gasteiger partial charge in [-0.05, 0) is 19.1 Å². The highest BCUT2D eigenvalue weighted by molar-refractivity contribution is 7.62. The van der Waals surface area contributed by atoms with Crippen LogP contribution in [0.25, 0.3) is 0 Å². The number of hydrogen-bond donors (Lipinski definition) is 3. The van der Waals surface area contributed by atoms with Crippen LogP contribution >= 0.6 is 19.2 Å². The fourth-order valence-corrected chi connectivity index (χ4v) is 3.71. The predicted octanol–water partition coefficient (Wildman–Crippen LogP) is 3.76. The third kappa shape index (κ3) is 4.12. The van der Waals surface area contributed by atoms with Crippen molar-refractivity contribution in [2.24, 2.45) is 0 Å². The van der Waals surface area contributed by atoms with Gasteiger partial charge in [0.05, 0.1) is 28.6 Å². The molecule has 2 aromatic heterocycles. The fraction of sp³-hybridized carbons (Fsp3) is 0.188. The Labute approximate surface area is 161 Å². The lowest BCUT2D eigenvalue weighted by atomic mass is 10.3. The van der Waals surface area contributed by atoms with Crippen LogP contribution in [0.4, 0.5) is 23.1 Å². The van der Waals surface area contributed by atoms with Crippen LogP contribution in [0.15, 0.2) is 36.7 Å². The number of H-pyrrole nitrogens is 1. The molecular formula is C16H18ClN6O3P. The number of para-hydroxylation sites is 1. The van der Waals surface area contributed by atoms with Gasteiger partial charge in [0.15, 0.2) is 5.82 Å². The number of nitrogens with zero attached hydrogens (tertiary/aromatic N) is 3. The van der Waals surface area contributed by atoms with E-state index in [2.05, 4.69) is 30.8 Å². The number of hydrogen-bond acceptors (Lipinski definition) is 8. The highest BCUT2D eigenvalue weighted by atomic mass is 35.5. The zero-order chi connectivity index (χ0) is 19.4. The number of rotatable bonds is 7. The van der Waals surface area contributed by atoms with E-state index in [4.69, 9.17) is 20.6 Å². The number of benzene rings is 1. The van der Waals surface area contributed by atoms with Crippen LogP contribution in [-0.2, 0) is 13.6 Å². The van der Waals surface area contributed by atoms with Crippen molar-refractivity contribution in [3.8, 4) is 0 Å². The van der Waals surface area contributed by atoms with Crippen LogP contribution in [0.2, 0.25) is 5.02 Å². The topological polar surface area (TPSA) is 114 Å². The molecule has 1 aromatic carbocycles. The van der Waals surface area contributed by atoms with E-state index in [1.807, 2.05) is 6.92 Å². The molecule has 0 saturated heterocycles. The third-order valence-electron chi connectivity index (χ3n) is 3.75. The van der Waals surface area contributed by atoms with Gasteiger partial charge in [0, 0.05) is 20.4 Å². The van der Waals surface area contributed by atoms with E-state index < -0.39 is 7.60 Å². The van der Waals surface area contributed by atoms with Crippen molar-refractivity contribution in [2.75, 3.05) is 24.9 Å². The summed E-state index contributed by atoms with van der Waals surface area (Å²) >= 11 is 6.23. The van der Waals surface area contributed by atoms with Crippen LogP contribution in [0, 0.1) is 6.92 Å². The molecule has 0 aliphatic heterocycles. The second-order valence-corrected chi connectivity index (χ2v) is 8.02. The molecule has 0 spiro atoms. The molecule has 0 radical (unpaired) electrons. The van der Waals surface area contributed by atoms with Gasteiger partial charge in [-0.2, -0.15) is 10.1 Å². The second kappa shape index (κ2) is 8.06. The first-order valence-electron chi connectivity index (χ1n) is 7.85. The molecule has 142 valence electrons. The first-order chi connectivity index (χ1) is 13.0. The first kappa shape index (κ1) is 19.3. The summed E-state index contributed by atoms with van der Waals surface area (Å²) in [6, 6.07) is 6.90. The molecule has 0 unspecified atom stereocenters. The molecule has 2 heterocycles. The number of anilines is 4. The van der Waals surface area contributed by atoms with E-state index in [1.165, 1.54) is 20.4 Å². The van der Waals surface area contributed by atoms with E-state index in [9.17, 15) is 4.57 Å². The number of aromatic nitrogens is 4. The minimum atomic E-state index is -3.47. The summed E-state index contributed by atoms with van der Waals surface area (Å²) in [7, 11) is -0.810. The summed E-state index contributed by atoms with van der Waals surface area (Å²) in [6.45, 7) is 1.84. The lowest BCUT2D eigenvalue weighted by Crippen LogP contribution is -2.13. The normalized spacial score (nSPS) is 11.4. The van der Waals surface area contributed by atoms with E-state index in [0.29, 0.717) is 27.8 Å². The first-order valence-corrected chi connectivity index (χ1v) is 9.77. The third-order valence-corrected chi connectivity index (χ3v) is 5.97. The number of aromatic amines is 1. The van der Waals surface area contributed by atoms with E-state index in [0.717, 1.165) is 11.4 Å². The second-order valence-electron chi connectivity index (χ2n) is 5.40. The Balaban J connectivity index is 1.94. The number of aryl methyl sites for hydroxylation is 1. The molecule has 11 heteroatoms. The smallest absolute Gasteiger partial charge is 0.338 e. The summed E-state index contributed by atoms with van der Waals surface area (Å²) in [4.78, 5) is 8.54. The summed E-state index contributed by atoms with van der Waals surface area (Å²) in [5, 5.41) is 13.6. The van der Waals surface area contributed by atoms with Gasteiger partial charge in [-0.1, -0.05) is 23.7 Å². The minimum Gasteiger partial charge on any atom is -0.338 e. The predicted molar refractivity (Wildman–Crippen MR) is 105 cm³/mol. The van der Waals surface area contributed by atoms with E-state index in [1.54, 1.807) is 30.5 Å². The minimum absolute atomic E-state index is 0.295. The maximum absolute atomic E-state index is 12.8. The molecule has 0 aliphatic carbocycles. The van der Waals surface area contributed by atoms with Crippen molar-refractivity contribution in [1.82, 2.24) is 20.2 Å². The SMILES string of the molecule is COP(=O)(OC)c1ccccc1Nc1nc(Nc2c[nH]nc2C)ncc1Cl. The van der Waals surface area contributed by atoms with Gasteiger partial charge < -0.3 is 19.7 Å². The Kier molecular flexibility index (Phi) is 5.76. The van der Waals surface area contributed by atoms with Crippen LogP contribution < -0.4 is 15.9 Å². The van der Waals surface area contributed by atoms with Crippen molar-refractivity contribution >= 4 is 47.6 Å². The molecule has 3 rings (SSSR count). The molecule has 3 aromatic rings. The quantitative estimate of drug-likeness (QED) is 0.506. The van der Waals surface area contributed by atoms with Gasteiger partial charge >= 0.3 is 7.60 Å². The fourth-order valence-electron chi connectivity index (χ4n) is 2.34. The lowest BCUT2D eigenvalue weighted by Gasteiger charge is -2.18. The molecule has 0 amide bonds. The Hall–Kier alpha value is -2.45. The molecule has 0 bridgehead atoms. The van der Waals surface area contributed by atoms with Gasteiger partial charge in [0.2, 0.25) is 5.95 Å². The largest absolute Gasteiger partial charge is 0.362 e. The molecule has 0 aliphatic rings. The van der Waals surface area contributed by atoms with E-state index >= 15 is 0 Å². The standard InChI is InChI=1S/C16H18ClN6O3P/c1-10-13(9-19-23-10)21-16-18-8-11(17)15(22-16)20-12-6-4-5-7-14(12)27(24,25-2)26-3/h4-9H,1-3H3,(H,19,23)(H2,18,20,21,22). The van der Waals surface area contributed by atoms with Crippen LogP contribution in [0.1, 0.15) is 5.69 Å². The van der Waals surface area contributed by atoms with Gasteiger partial charge in [-0.15, -0.1) is 0 Å². The molecular weight excluding hydrogens is 391 g/mol. The summed E-state index contributed by atoms with van der Waals surface area (Å²) in [5.74, 6) is 0.659. The Morgan fingerprint density at radius 3 is 2.56 bits per heavy atom. The maximum atomic E-state index is 12.8. The highest BCUT2D eigenvalue weighted by Gasteiger charge is 2.28. The average Bonchev–Trinajstić information content (AvgIpc) is 3.09. The van der Waals surface area contributed by atoms with E-state index in [-0.39, 0.29) is 0 Å². The van der Waals surface area contributed by atoms with Crippen LogP contribution in [0.5, 0.6) is 0 Å². The molecule has 9 nitrogen and oxygen atoms in total. The average molecular weight is 409 g/mol. The van der Waals surface area contributed by atoms with Crippen molar-refractivity contribution in [2.45, 2.75) is 6.92 Å². The Morgan fingerprint density at radius 2 is 1.89 bits per heavy atom. The molecule has 3 N–H and O–H groups in total. The molecule has 27 heavy (non-hydrogen) atoms. The van der Waals surface area contributed by atoms with Gasteiger partial charge in [-0.3, -0.25) is 9.66 Å². The zero-order valence-corrected chi connectivity index (χ0v) is 16.5.